The van der Waals surface area contributed by atoms with Gasteiger partial charge in [0.25, 0.3) is 0 Å². The molecule has 0 atom stereocenters. The van der Waals surface area contributed by atoms with Crippen LogP contribution in [0.15, 0.2) is 53.6 Å². The number of rotatable bonds is 13. The Morgan fingerprint density at radius 2 is 1.54 bits per heavy atom. The molecule has 0 N–H and O–H groups in total. The van der Waals surface area contributed by atoms with Crippen molar-refractivity contribution in [3.8, 4) is 0 Å². The van der Waals surface area contributed by atoms with Crippen molar-refractivity contribution in [3.63, 3.8) is 0 Å². The van der Waals surface area contributed by atoms with Gasteiger partial charge in [0.1, 0.15) is 0 Å². The fraction of sp³-hybridized carbons (Fsp3) is 0.688. The highest BCUT2D eigenvalue weighted by atomic mass is 28.4. The van der Waals surface area contributed by atoms with Crippen molar-refractivity contribution in [2.75, 3.05) is 13.2 Å². The van der Waals surface area contributed by atoms with Gasteiger partial charge in [-0.05, 0) is 92.5 Å². The monoisotopic (exact) mass is 496 g/mol. The van der Waals surface area contributed by atoms with Gasteiger partial charge in [-0.3, -0.25) is 0 Å². The Hall–Kier alpha value is -1.16. The van der Waals surface area contributed by atoms with Gasteiger partial charge in [0.15, 0.2) is 8.32 Å². The van der Waals surface area contributed by atoms with Gasteiger partial charge in [-0.1, -0.05) is 88.1 Å². The molecular formula is C32H52O2Si. The lowest BCUT2D eigenvalue weighted by molar-refractivity contribution is 0.117. The van der Waals surface area contributed by atoms with Crippen LogP contribution in [0.4, 0.5) is 0 Å². The first kappa shape index (κ1) is 28.4. The maximum atomic E-state index is 6.43. The van der Waals surface area contributed by atoms with E-state index in [0.717, 1.165) is 26.2 Å². The van der Waals surface area contributed by atoms with E-state index in [1.165, 1.54) is 76.2 Å². The minimum absolute atomic E-state index is 0.300. The molecule has 0 amide bonds. The first-order chi connectivity index (χ1) is 16.7. The summed E-state index contributed by atoms with van der Waals surface area (Å²) in [7, 11) is -1.62. The van der Waals surface area contributed by atoms with Crippen LogP contribution in [-0.4, -0.2) is 21.5 Å². The van der Waals surface area contributed by atoms with Crippen LogP contribution >= 0.6 is 0 Å². The Kier molecular flexibility index (Phi) is 10.9. The number of unbranched alkanes of at least 4 members (excludes halogenated alkanes) is 2. The van der Waals surface area contributed by atoms with E-state index < -0.39 is 8.32 Å². The smallest absolute Gasteiger partial charge is 0.191 e. The lowest BCUT2D eigenvalue weighted by Gasteiger charge is -2.39. The summed E-state index contributed by atoms with van der Waals surface area (Å²) in [5.41, 5.74) is 5.12. The summed E-state index contributed by atoms with van der Waals surface area (Å²) in [6.45, 7) is 14.2. The second-order valence-corrected chi connectivity index (χ2v) is 17.4. The first-order valence-electron chi connectivity index (χ1n) is 14.4. The quantitative estimate of drug-likeness (QED) is 0.200. The predicted octanol–water partition coefficient (Wildman–Crippen LogP) is 9.77. The average molecular weight is 497 g/mol. The van der Waals surface area contributed by atoms with Crippen LogP contribution in [0, 0.1) is 5.41 Å². The Balaban J connectivity index is 1.46. The second kappa shape index (κ2) is 13.4. The highest BCUT2D eigenvalue weighted by Crippen LogP contribution is 2.47. The van der Waals surface area contributed by atoms with Gasteiger partial charge in [-0.2, -0.15) is 0 Å². The highest BCUT2D eigenvalue weighted by molar-refractivity contribution is 6.74. The number of benzene rings is 1. The second-order valence-electron chi connectivity index (χ2n) is 12.6. The van der Waals surface area contributed by atoms with Crippen LogP contribution < -0.4 is 0 Å². The van der Waals surface area contributed by atoms with Gasteiger partial charge < -0.3 is 9.16 Å². The average Bonchev–Trinajstić information content (AvgIpc) is 2.83. The molecule has 0 radical (unpaired) electrons. The maximum absolute atomic E-state index is 6.43. The van der Waals surface area contributed by atoms with Gasteiger partial charge in [-0.15, -0.1) is 0 Å². The Morgan fingerprint density at radius 3 is 2.26 bits per heavy atom. The van der Waals surface area contributed by atoms with Crippen LogP contribution in [-0.2, 0) is 15.8 Å². The van der Waals surface area contributed by atoms with Crippen molar-refractivity contribution in [2.24, 2.45) is 5.41 Å². The minimum atomic E-state index is -1.62. The number of hydrogen-bond donors (Lipinski definition) is 0. The molecule has 0 saturated heterocycles. The fourth-order valence-corrected chi connectivity index (χ4v) is 6.46. The summed E-state index contributed by atoms with van der Waals surface area (Å²) in [5, 5.41) is 0.300. The van der Waals surface area contributed by atoms with Crippen LogP contribution in [0.3, 0.4) is 0 Å². The van der Waals surface area contributed by atoms with Gasteiger partial charge in [0.2, 0.25) is 0 Å². The molecule has 196 valence electrons. The molecule has 1 aromatic carbocycles. The number of allylic oxidation sites excluding steroid dienone is 4. The van der Waals surface area contributed by atoms with Crippen LogP contribution in [0.2, 0.25) is 18.1 Å². The lowest BCUT2D eigenvalue weighted by Crippen LogP contribution is -2.40. The third kappa shape index (κ3) is 9.02. The molecule has 0 aromatic heterocycles. The molecule has 0 heterocycles. The third-order valence-corrected chi connectivity index (χ3v) is 13.3. The molecule has 1 fully saturated rings. The Labute approximate surface area is 217 Å². The van der Waals surface area contributed by atoms with E-state index in [0.29, 0.717) is 10.5 Å². The van der Waals surface area contributed by atoms with E-state index >= 15 is 0 Å². The van der Waals surface area contributed by atoms with E-state index in [4.69, 9.17) is 9.16 Å². The Morgan fingerprint density at radius 1 is 0.857 bits per heavy atom. The van der Waals surface area contributed by atoms with Crippen molar-refractivity contribution in [2.45, 2.75) is 123 Å². The fourth-order valence-electron chi connectivity index (χ4n) is 5.37. The summed E-state index contributed by atoms with van der Waals surface area (Å²) in [4.78, 5) is 0. The normalized spacial score (nSPS) is 18.4. The van der Waals surface area contributed by atoms with Gasteiger partial charge >= 0.3 is 0 Å². The first-order valence-corrected chi connectivity index (χ1v) is 17.3. The van der Waals surface area contributed by atoms with Crippen molar-refractivity contribution in [1.29, 1.82) is 0 Å². The van der Waals surface area contributed by atoms with E-state index in [1.807, 2.05) is 0 Å². The maximum Gasteiger partial charge on any atom is 0.191 e. The van der Waals surface area contributed by atoms with Gasteiger partial charge in [-0.25, -0.2) is 0 Å². The van der Waals surface area contributed by atoms with Gasteiger partial charge in [0, 0.05) is 13.2 Å². The molecule has 1 saturated carbocycles. The van der Waals surface area contributed by atoms with E-state index in [1.54, 1.807) is 11.1 Å². The molecule has 3 heteroatoms. The molecule has 35 heavy (non-hydrogen) atoms. The topological polar surface area (TPSA) is 18.5 Å². The van der Waals surface area contributed by atoms with Crippen molar-refractivity contribution in [3.05, 3.63) is 59.2 Å². The van der Waals surface area contributed by atoms with E-state index in [-0.39, 0.29) is 0 Å². The highest BCUT2D eigenvalue weighted by Gasteiger charge is 2.37. The van der Waals surface area contributed by atoms with Crippen LogP contribution in [0.1, 0.15) is 103 Å². The Bertz CT molecular complexity index is 810. The molecule has 3 rings (SSSR count). The summed E-state index contributed by atoms with van der Waals surface area (Å²) in [6.07, 6.45) is 20.7. The molecule has 2 aliphatic carbocycles. The molecule has 2 nitrogen and oxygen atoms in total. The SMILES string of the molecule is CC(C)(C)[Si](C)(C)OCCCCC1=C(CCCCOCc2ccccc2)CC2(C=C1)CCCCC2. The summed E-state index contributed by atoms with van der Waals surface area (Å²) < 4.78 is 12.4. The molecular weight excluding hydrogens is 444 g/mol. The summed E-state index contributed by atoms with van der Waals surface area (Å²) in [5.74, 6) is 0. The zero-order valence-electron chi connectivity index (χ0n) is 23.5. The molecule has 1 aromatic rings. The standard InChI is InChI=1S/C32H52O2Si/c1-31(2,3)35(4,5)34-25-15-11-18-29-20-23-32(21-12-7-13-22-32)26-30(29)19-10-14-24-33-27-28-16-8-6-9-17-28/h6,8-9,16-17,20,23H,7,10-15,18-19,21-22,24-27H2,1-5H3. The molecule has 0 aliphatic heterocycles. The minimum Gasteiger partial charge on any atom is -0.417 e. The predicted molar refractivity (Wildman–Crippen MR) is 153 cm³/mol. The van der Waals surface area contributed by atoms with E-state index in [2.05, 4.69) is 76.3 Å². The van der Waals surface area contributed by atoms with Crippen molar-refractivity contribution < 1.29 is 9.16 Å². The van der Waals surface area contributed by atoms with Gasteiger partial charge in [0.05, 0.1) is 6.61 Å². The summed E-state index contributed by atoms with van der Waals surface area (Å²) in [6, 6.07) is 10.5. The molecule has 1 spiro atoms. The molecule has 0 unspecified atom stereocenters. The molecule has 2 aliphatic rings. The van der Waals surface area contributed by atoms with Crippen molar-refractivity contribution in [1.82, 2.24) is 0 Å². The third-order valence-electron chi connectivity index (χ3n) is 8.75. The summed E-state index contributed by atoms with van der Waals surface area (Å²) >= 11 is 0. The zero-order chi connectivity index (χ0) is 25.2. The van der Waals surface area contributed by atoms with Crippen molar-refractivity contribution >= 4 is 8.32 Å². The molecule has 0 bridgehead atoms. The number of hydrogen-bond acceptors (Lipinski definition) is 2. The van der Waals surface area contributed by atoms with Crippen LogP contribution in [0.5, 0.6) is 0 Å². The largest absolute Gasteiger partial charge is 0.417 e. The number of ether oxygens (including phenoxy) is 1. The lowest BCUT2D eigenvalue weighted by atomic mass is 9.66. The zero-order valence-corrected chi connectivity index (χ0v) is 24.5. The van der Waals surface area contributed by atoms with E-state index in [9.17, 15) is 0 Å². The van der Waals surface area contributed by atoms with Crippen LogP contribution in [0.25, 0.3) is 0 Å².